The van der Waals surface area contributed by atoms with Gasteiger partial charge >= 0.3 is 46.6 Å². The largest absolute Gasteiger partial charge is 2.00 e. The van der Waals surface area contributed by atoms with Crippen molar-refractivity contribution >= 4 is 7.32 Å². The molecule has 0 fully saturated rings. The van der Waals surface area contributed by atoms with Crippen molar-refractivity contribution in [2.24, 2.45) is 0 Å². The third-order valence-corrected chi connectivity index (χ3v) is 0. The molecule has 6 heavy (non-hydrogen) atoms. The second-order valence-electron chi connectivity index (χ2n) is 0.289. The molecule has 0 amide bonds. The summed E-state index contributed by atoms with van der Waals surface area (Å²) in [7, 11) is -2.92. The average Bonchev–Trinajstić information content (AvgIpc) is 0.811. The van der Waals surface area contributed by atoms with E-state index in [1.54, 1.807) is 0 Å². The molecule has 6 heteroatoms. The number of hydrogen-bond donors (Lipinski definition) is 0. The van der Waals surface area contributed by atoms with Gasteiger partial charge in [-0.15, -0.1) is 0 Å². The Labute approximate surface area is 68.7 Å². The molecule has 0 aliphatic heterocycles. The van der Waals surface area contributed by atoms with Gasteiger partial charge in [-0.3, -0.25) is 7.32 Å². The second kappa shape index (κ2) is 9.68. The van der Waals surface area contributed by atoms with E-state index in [0.717, 1.165) is 0 Å². The maximum absolute atomic E-state index is 8.42. The average molecular weight is 138 g/mol. The quantitative estimate of drug-likeness (QED) is 0.312. The Morgan fingerprint density at radius 1 is 1.00 bits per heavy atom. The first-order chi connectivity index (χ1) is 1.73. The molecule has 0 unspecified atom stereocenters. The van der Waals surface area contributed by atoms with Crippen molar-refractivity contribution < 1.29 is 61.7 Å². The Morgan fingerprint density at radius 2 is 1.00 bits per heavy atom. The van der Waals surface area contributed by atoms with Gasteiger partial charge in [-0.2, -0.15) is 0 Å². The molecule has 0 radical (unpaired) electrons. The third kappa shape index (κ3) is 50.8. The van der Waals surface area contributed by atoms with E-state index in [-0.39, 0.29) is 46.6 Å². The monoisotopic (exact) mass is 138 g/mol. The van der Waals surface area contributed by atoms with Crippen LogP contribution in [0.5, 0.6) is 0 Å². The summed E-state index contributed by atoms with van der Waals surface area (Å²) >= 11 is 0. The Balaban J connectivity index is -0.0000000450. The van der Waals surface area contributed by atoms with Crippen LogP contribution >= 0.6 is 0 Å². The molecule has 30 valence electrons. The Kier molecular flexibility index (Phi) is 25.3. The van der Waals surface area contributed by atoms with Crippen LogP contribution in [0, 0.1) is 0 Å². The number of hydrogen-bond acceptors (Lipinski definition) is 3. The molecule has 0 spiro atoms. The summed E-state index contributed by atoms with van der Waals surface area (Å²) in [5, 5.41) is 25.2. The van der Waals surface area contributed by atoms with Gasteiger partial charge in [0.2, 0.25) is 0 Å². The molecule has 0 saturated carbocycles. The predicted molar refractivity (Wildman–Crippen MR) is 5.75 cm³/mol. The summed E-state index contributed by atoms with van der Waals surface area (Å²) in [6, 6.07) is 0. The molecule has 0 aromatic carbocycles. The van der Waals surface area contributed by atoms with Crippen LogP contribution in [0.4, 0.5) is 0 Å². The van der Waals surface area contributed by atoms with Crippen LogP contribution in [0.1, 0.15) is 0 Å². The minimum Gasteiger partial charge on any atom is -0.907 e. The topological polar surface area (TPSA) is 69.2 Å². The smallest absolute Gasteiger partial charge is 0.907 e. The summed E-state index contributed by atoms with van der Waals surface area (Å²) in [5.74, 6) is 0. The van der Waals surface area contributed by atoms with Crippen LogP contribution in [0.2, 0.25) is 0 Å². The van der Waals surface area contributed by atoms with Crippen molar-refractivity contribution in [1.29, 1.82) is 0 Å². The van der Waals surface area contributed by atoms with Gasteiger partial charge in [0.1, 0.15) is 0 Å². The van der Waals surface area contributed by atoms with Gasteiger partial charge in [0.05, 0.1) is 0 Å². The van der Waals surface area contributed by atoms with Crippen molar-refractivity contribution in [3.63, 3.8) is 0 Å². The van der Waals surface area contributed by atoms with Crippen LogP contribution < -0.4 is 44.6 Å². The van der Waals surface area contributed by atoms with Gasteiger partial charge < -0.3 is 15.1 Å². The van der Waals surface area contributed by atoms with Gasteiger partial charge in [-0.1, -0.05) is 0 Å². The van der Waals surface area contributed by atoms with E-state index < -0.39 is 7.32 Å². The van der Waals surface area contributed by atoms with E-state index >= 15 is 0 Å². The fourth-order valence-corrected chi connectivity index (χ4v) is 0. The minimum atomic E-state index is -2.92. The summed E-state index contributed by atoms with van der Waals surface area (Å²) in [6.07, 6.45) is 0. The maximum Gasteiger partial charge on any atom is 2.00 e. The maximum atomic E-state index is 8.42. The molecule has 0 saturated heterocycles. The summed E-state index contributed by atoms with van der Waals surface area (Å²) in [5.41, 5.74) is 0. The van der Waals surface area contributed by atoms with Crippen LogP contribution in [0.15, 0.2) is 0 Å². The second-order valence-corrected chi connectivity index (χ2v) is 0.289. The predicted octanol–water partition coefficient (Wildman–Crippen LogP) is -6.95. The van der Waals surface area contributed by atoms with Crippen molar-refractivity contribution in [3.05, 3.63) is 0 Å². The Hall–Kier alpha value is 1.46. The van der Waals surface area contributed by atoms with E-state index in [2.05, 4.69) is 0 Å². The first kappa shape index (κ1) is 15.7. The summed E-state index contributed by atoms with van der Waals surface area (Å²) in [4.78, 5) is 0. The van der Waals surface area contributed by atoms with Crippen molar-refractivity contribution in [1.82, 2.24) is 0 Å². The van der Waals surface area contributed by atoms with Crippen LogP contribution in [-0.4, -0.2) is 7.32 Å². The van der Waals surface area contributed by atoms with Crippen LogP contribution in [-0.2, 0) is 17.1 Å². The summed E-state index contributed by atoms with van der Waals surface area (Å²) < 4.78 is 0. The molecule has 0 aliphatic carbocycles. The SMILES string of the molecule is [Fe+2].[Na+].[O-]B([O-])[O-]. The Bertz CT molecular complexity index is 15.5. The fraction of sp³-hybridized carbons (Fsp3) is 0. The van der Waals surface area contributed by atoms with Crippen molar-refractivity contribution in [2.45, 2.75) is 0 Å². The molecule has 0 aliphatic rings. The zero-order valence-corrected chi connectivity index (χ0v) is 6.26. The molecule has 0 heterocycles. The van der Waals surface area contributed by atoms with Gasteiger partial charge in [-0.25, -0.2) is 0 Å². The summed E-state index contributed by atoms with van der Waals surface area (Å²) in [6.45, 7) is 0. The van der Waals surface area contributed by atoms with Crippen LogP contribution in [0.3, 0.4) is 0 Å². The van der Waals surface area contributed by atoms with E-state index in [9.17, 15) is 0 Å². The van der Waals surface area contributed by atoms with E-state index in [4.69, 9.17) is 15.1 Å². The van der Waals surface area contributed by atoms with Crippen LogP contribution in [0.25, 0.3) is 0 Å². The first-order valence-corrected chi connectivity index (χ1v) is 0.707. The van der Waals surface area contributed by atoms with Crippen molar-refractivity contribution in [2.75, 3.05) is 0 Å². The third-order valence-electron chi connectivity index (χ3n) is 0. The van der Waals surface area contributed by atoms with E-state index in [1.165, 1.54) is 0 Å². The Morgan fingerprint density at radius 3 is 1.00 bits per heavy atom. The van der Waals surface area contributed by atoms with Gasteiger partial charge in [-0.05, 0) is 0 Å². The molecular weight excluding hydrogens is 138 g/mol. The molecule has 0 rings (SSSR count). The van der Waals surface area contributed by atoms with Gasteiger partial charge in [0, 0.05) is 0 Å². The molecule has 0 N–H and O–H groups in total. The fourth-order valence-electron chi connectivity index (χ4n) is 0. The molecule has 0 aromatic rings. The number of rotatable bonds is 0. The molecule has 3 nitrogen and oxygen atoms in total. The zero-order chi connectivity index (χ0) is 3.58. The first-order valence-electron chi connectivity index (χ1n) is 0.707. The van der Waals surface area contributed by atoms with Gasteiger partial charge in [0.25, 0.3) is 0 Å². The van der Waals surface area contributed by atoms with Gasteiger partial charge in [0.15, 0.2) is 0 Å². The zero-order valence-electron chi connectivity index (χ0n) is 3.16. The molecule has 0 bridgehead atoms. The van der Waals surface area contributed by atoms with E-state index in [1.807, 2.05) is 0 Å². The minimum absolute atomic E-state index is 0. The standard InChI is InChI=1S/BO3.Fe.Na/c2-1(3)4;;/q-3;+2;+1. The van der Waals surface area contributed by atoms with Crippen molar-refractivity contribution in [3.8, 4) is 0 Å². The molecule has 0 atom stereocenters. The normalized spacial score (nSPS) is 4.50. The molecular formula is BFeNaO3. The molecule has 0 aromatic heterocycles. The van der Waals surface area contributed by atoms with E-state index in [0.29, 0.717) is 0 Å².